The number of anilines is 1. The van der Waals surface area contributed by atoms with Gasteiger partial charge in [0, 0.05) is 0 Å². The fourth-order valence-corrected chi connectivity index (χ4v) is 6.28. The van der Waals surface area contributed by atoms with Gasteiger partial charge >= 0.3 is 0 Å². The molecule has 2 aromatic heterocycles. The number of nitrogens with zero attached hydrogens (tertiary/aromatic N) is 2. The van der Waals surface area contributed by atoms with Gasteiger partial charge in [-0.1, -0.05) is 23.2 Å². The predicted octanol–water partition coefficient (Wildman–Crippen LogP) is 4.17. The van der Waals surface area contributed by atoms with Crippen molar-refractivity contribution in [3.63, 3.8) is 0 Å². The second kappa shape index (κ2) is 5.82. The van der Waals surface area contributed by atoms with Crippen molar-refractivity contribution in [1.29, 1.82) is 0 Å². The normalized spacial score (nSPS) is 11.6. The van der Waals surface area contributed by atoms with Gasteiger partial charge in [-0.2, -0.15) is 0 Å². The van der Waals surface area contributed by atoms with Gasteiger partial charge in [-0.05, 0) is 37.9 Å². The third-order valence-electron chi connectivity index (χ3n) is 1.89. The average Bonchev–Trinajstić information content (AvgIpc) is 2.65. The van der Waals surface area contributed by atoms with Crippen LogP contribution in [-0.2, 0) is 10.0 Å². The molecule has 0 spiro atoms. The Morgan fingerprint density at radius 1 is 1.26 bits per heavy atom. The largest absolute Gasteiger partial charge is 0.265 e. The maximum atomic E-state index is 12.2. The Bertz CT molecular complexity index is 736. The molecule has 0 aromatic carbocycles. The maximum Gasteiger partial charge on any atom is 0.265 e. The Kier molecular flexibility index (Phi) is 4.74. The Balaban J connectivity index is 2.42. The molecule has 0 amide bonds. The highest BCUT2D eigenvalue weighted by atomic mass is 79.9. The number of halogens is 4. The maximum absolute atomic E-state index is 12.2. The topological polar surface area (TPSA) is 72.0 Å². The van der Waals surface area contributed by atoms with Crippen LogP contribution in [0.5, 0.6) is 0 Å². The van der Waals surface area contributed by atoms with Gasteiger partial charge in [0.05, 0.1) is 7.57 Å². The average molecular weight is 468 g/mol. The predicted molar refractivity (Wildman–Crippen MR) is 82.6 cm³/mol. The second-order valence-electron chi connectivity index (χ2n) is 3.12. The number of aromatic nitrogens is 2. The van der Waals surface area contributed by atoms with Crippen LogP contribution in [0.15, 0.2) is 24.9 Å². The summed E-state index contributed by atoms with van der Waals surface area (Å²) in [6, 6.07) is 1.47. The molecule has 102 valence electrons. The molecule has 2 heterocycles. The van der Waals surface area contributed by atoms with Crippen molar-refractivity contribution in [2.45, 2.75) is 4.90 Å². The summed E-state index contributed by atoms with van der Waals surface area (Å²) < 4.78 is 27.8. The van der Waals surface area contributed by atoms with Crippen LogP contribution in [0.3, 0.4) is 0 Å². The number of rotatable bonds is 3. The zero-order valence-electron chi connectivity index (χ0n) is 8.69. The monoisotopic (exact) mass is 465 g/mol. The van der Waals surface area contributed by atoms with Crippen LogP contribution in [-0.4, -0.2) is 18.4 Å². The van der Waals surface area contributed by atoms with Gasteiger partial charge in [0.1, 0.15) is 16.2 Å². The van der Waals surface area contributed by atoms with Gasteiger partial charge in [-0.15, -0.1) is 11.3 Å². The highest BCUT2D eigenvalue weighted by Gasteiger charge is 2.22. The lowest BCUT2D eigenvalue weighted by molar-refractivity contribution is 0.601. The number of nitrogens with one attached hydrogen (secondary N) is 1. The van der Waals surface area contributed by atoms with Crippen molar-refractivity contribution in [3.05, 3.63) is 30.1 Å². The molecule has 0 saturated carbocycles. The van der Waals surface area contributed by atoms with Crippen LogP contribution < -0.4 is 4.72 Å². The number of thiophene rings is 1. The Hall–Kier alpha value is 0.0700. The van der Waals surface area contributed by atoms with Gasteiger partial charge in [0.15, 0.2) is 11.0 Å². The van der Waals surface area contributed by atoms with Gasteiger partial charge in [-0.3, -0.25) is 4.72 Å². The first-order valence-electron chi connectivity index (χ1n) is 4.45. The third-order valence-corrected chi connectivity index (χ3v) is 6.73. The Labute approximate surface area is 139 Å². The van der Waals surface area contributed by atoms with Gasteiger partial charge in [0.2, 0.25) is 0 Å². The summed E-state index contributed by atoms with van der Waals surface area (Å²) in [5.41, 5.74) is 0. The lowest BCUT2D eigenvalue weighted by Crippen LogP contribution is -2.14. The van der Waals surface area contributed by atoms with E-state index in [2.05, 4.69) is 46.5 Å². The van der Waals surface area contributed by atoms with E-state index in [-0.39, 0.29) is 20.9 Å². The van der Waals surface area contributed by atoms with Crippen molar-refractivity contribution >= 4 is 82.2 Å². The lowest BCUT2D eigenvalue weighted by Gasteiger charge is -2.07. The summed E-state index contributed by atoms with van der Waals surface area (Å²) in [4.78, 5) is 7.46. The molecular weight excluding hydrogens is 465 g/mol. The molecule has 0 aliphatic rings. The van der Waals surface area contributed by atoms with Crippen molar-refractivity contribution in [1.82, 2.24) is 9.97 Å². The van der Waals surface area contributed by atoms with Crippen LogP contribution in [0.4, 0.5) is 5.82 Å². The number of hydrogen-bond acceptors (Lipinski definition) is 5. The van der Waals surface area contributed by atoms with Crippen LogP contribution in [0, 0.1) is 0 Å². The van der Waals surface area contributed by atoms with Crippen LogP contribution in [0.25, 0.3) is 0 Å². The summed E-state index contributed by atoms with van der Waals surface area (Å²) >= 11 is 19.1. The van der Waals surface area contributed by atoms with E-state index in [0.29, 0.717) is 7.57 Å². The van der Waals surface area contributed by atoms with Crippen LogP contribution >= 0.6 is 66.4 Å². The summed E-state index contributed by atoms with van der Waals surface area (Å²) in [5.74, 6) is -0.0733. The first-order chi connectivity index (χ1) is 8.81. The van der Waals surface area contributed by atoms with E-state index < -0.39 is 10.0 Å². The number of sulfonamides is 1. The van der Waals surface area contributed by atoms with Gasteiger partial charge < -0.3 is 0 Å². The molecule has 11 heteroatoms. The SMILES string of the molecule is O=S(=O)(Nc1ncnc(Cl)c1Cl)c1cc(Br)sc1Br. The fraction of sp³-hybridized carbons (Fsp3) is 0. The summed E-state index contributed by atoms with van der Waals surface area (Å²) in [5, 5.41) is -0.0851. The highest BCUT2D eigenvalue weighted by molar-refractivity contribution is 9.12. The zero-order chi connectivity index (χ0) is 14.2. The molecule has 0 radical (unpaired) electrons. The molecule has 0 saturated heterocycles. The molecule has 0 aliphatic carbocycles. The Morgan fingerprint density at radius 2 is 1.95 bits per heavy atom. The smallest absolute Gasteiger partial charge is 0.262 e. The quantitative estimate of drug-likeness (QED) is 0.687. The van der Waals surface area contributed by atoms with Gasteiger partial charge in [-0.25, -0.2) is 18.4 Å². The molecule has 19 heavy (non-hydrogen) atoms. The molecule has 0 unspecified atom stereocenters. The molecule has 0 bridgehead atoms. The van der Waals surface area contributed by atoms with Crippen molar-refractivity contribution in [2.75, 3.05) is 4.72 Å². The summed E-state index contributed by atoms with van der Waals surface area (Å²) in [6.45, 7) is 0. The molecule has 2 rings (SSSR count). The molecule has 1 N–H and O–H groups in total. The van der Waals surface area contributed by atoms with E-state index in [1.165, 1.54) is 17.4 Å². The van der Waals surface area contributed by atoms with E-state index in [9.17, 15) is 8.42 Å². The summed E-state index contributed by atoms with van der Waals surface area (Å²) in [6.07, 6.45) is 1.12. The van der Waals surface area contributed by atoms with E-state index in [1.807, 2.05) is 0 Å². The highest BCUT2D eigenvalue weighted by Crippen LogP contribution is 2.36. The van der Waals surface area contributed by atoms with Crippen molar-refractivity contribution in [3.8, 4) is 0 Å². The van der Waals surface area contributed by atoms with Crippen LogP contribution in [0.1, 0.15) is 0 Å². The lowest BCUT2D eigenvalue weighted by atomic mass is 10.6. The molecule has 0 fully saturated rings. The van der Waals surface area contributed by atoms with E-state index in [4.69, 9.17) is 23.2 Å². The minimum atomic E-state index is -3.81. The van der Waals surface area contributed by atoms with Gasteiger partial charge in [0.25, 0.3) is 10.0 Å². The minimum absolute atomic E-state index is 0.0278. The molecule has 0 aliphatic heterocycles. The minimum Gasteiger partial charge on any atom is -0.262 e. The Morgan fingerprint density at radius 3 is 2.53 bits per heavy atom. The first-order valence-corrected chi connectivity index (χ1v) is 9.09. The first kappa shape index (κ1) is 15.5. The van der Waals surface area contributed by atoms with E-state index in [1.54, 1.807) is 0 Å². The van der Waals surface area contributed by atoms with Crippen molar-refractivity contribution < 1.29 is 8.42 Å². The van der Waals surface area contributed by atoms with E-state index in [0.717, 1.165) is 6.33 Å². The van der Waals surface area contributed by atoms with Crippen LogP contribution in [0.2, 0.25) is 10.2 Å². The molecule has 2 aromatic rings. The fourth-order valence-electron chi connectivity index (χ4n) is 1.11. The number of hydrogen-bond donors (Lipinski definition) is 1. The van der Waals surface area contributed by atoms with Crippen molar-refractivity contribution in [2.24, 2.45) is 0 Å². The molecule has 0 atom stereocenters. The molecular formula is C8H3Br2Cl2N3O2S2. The standard InChI is InChI=1S/C8H3Br2Cl2N3O2S2/c9-4-1-3(6(10)18-4)19(16,17)15-8-5(11)7(12)13-2-14-8/h1-2H,(H,13,14,15). The van der Waals surface area contributed by atoms with E-state index >= 15 is 0 Å². The second-order valence-corrected chi connectivity index (χ2v) is 9.26. The zero-order valence-corrected chi connectivity index (χ0v) is 15.0. The summed E-state index contributed by atoms with van der Waals surface area (Å²) in [7, 11) is -3.81. The third kappa shape index (κ3) is 3.40. The molecule has 5 nitrogen and oxygen atoms in total.